The second-order valence-electron chi connectivity index (χ2n) is 5.41. The summed E-state index contributed by atoms with van der Waals surface area (Å²) in [5, 5.41) is 34.8. The number of hydrogen-bond donors (Lipinski definition) is 3. The van der Waals surface area contributed by atoms with Crippen molar-refractivity contribution in [3.8, 4) is 17.6 Å². The van der Waals surface area contributed by atoms with Crippen LogP contribution in [0.25, 0.3) is 0 Å². The first-order valence-corrected chi connectivity index (χ1v) is 7.66. The highest BCUT2D eigenvalue weighted by Gasteiger charge is 2.14. The summed E-state index contributed by atoms with van der Waals surface area (Å²) in [6, 6.07) is 10.1. The van der Waals surface area contributed by atoms with Gasteiger partial charge in [-0.1, -0.05) is 0 Å². The quantitative estimate of drug-likeness (QED) is 0.234. The van der Waals surface area contributed by atoms with Crippen LogP contribution in [0, 0.1) is 28.4 Å². The first-order chi connectivity index (χ1) is 12.8. The molecule has 3 N–H and O–H groups in total. The van der Waals surface area contributed by atoms with E-state index in [2.05, 4.69) is 10.6 Å². The molecular weight excluding hydrogens is 352 g/mol. The molecule has 0 aliphatic heterocycles. The molecule has 0 unspecified atom stereocenters. The summed E-state index contributed by atoms with van der Waals surface area (Å²) in [6.45, 7) is 1.69. The van der Waals surface area contributed by atoms with Crippen molar-refractivity contribution in [1.82, 2.24) is 0 Å². The van der Waals surface area contributed by atoms with E-state index in [0.717, 1.165) is 6.20 Å². The minimum atomic E-state index is -0.678. The zero-order valence-electron chi connectivity index (χ0n) is 14.5. The Morgan fingerprint density at radius 2 is 2.04 bits per heavy atom. The number of aromatic hydroxyl groups is 1. The monoisotopic (exact) mass is 368 g/mol. The van der Waals surface area contributed by atoms with E-state index in [1.165, 1.54) is 43.5 Å². The maximum absolute atomic E-state index is 12.3. The Morgan fingerprint density at radius 1 is 1.30 bits per heavy atom. The fourth-order valence-corrected chi connectivity index (χ4v) is 2.20. The zero-order valence-corrected chi connectivity index (χ0v) is 14.5. The number of aryl methyl sites for hydroxylation is 1. The van der Waals surface area contributed by atoms with Gasteiger partial charge in [0.15, 0.2) is 0 Å². The Morgan fingerprint density at radius 3 is 2.63 bits per heavy atom. The van der Waals surface area contributed by atoms with Crippen molar-refractivity contribution in [3.05, 3.63) is 63.8 Å². The molecule has 0 atom stereocenters. The lowest BCUT2D eigenvalue weighted by Gasteiger charge is -2.10. The van der Waals surface area contributed by atoms with Gasteiger partial charge in [0.25, 0.3) is 11.6 Å². The molecule has 0 fully saturated rings. The predicted octanol–water partition coefficient (Wildman–Crippen LogP) is 3.08. The van der Waals surface area contributed by atoms with Crippen LogP contribution >= 0.6 is 0 Å². The highest BCUT2D eigenvalue weighted by Crippen LogP contribution is 2.29. The third-order valence-electron chi connectivity index (χ3n) is 3.59. The topological polar surface area (TPSA) is 138 Å². The smallest absolute Gasteiger partial charge is 0.271 e. The normalized spacial score (nSPS) is 10.6. The minimum absolute atomic E-state index is 0.0565. The van der Waals surface area contributed by atoms with Gasteiger partial charge in [-0.25, -0.2) is 0 Å². The number of carbonyl (C=O) groups excluding carboxylic acids is 1. The standard InChI is InChI=1S/C18H16N4O5/c1-11-7-14(23)4-5-15(11)21-18(24)12(9-19)10-20-16-8-13(22(25)26)3-6-17(16)27-2/h3-8,10,20,23H,1-2H3,(H,21,24)/b12-10-. The SMILES string of the molecule is COc1ccc([N+](=O)[O-])cc1N/C=C(/C#N)C(=O)Nc1ccc(O)cc1C. The summed E-state index contributed by atoms with van der Waals surface area (Å²) in [7, 11) is 1.39. The van der Waals surface area contributed by atoms with Gasteiger partial charge in [0.05, 0.1) is 17.7 Å². The predicted molar refractivity (Wildman–Crippen MR) is 98.4 cm³/mol. The number of methoxy groups -OCH3 is 1. The van der Waals surface area contributed by atoms with E-state index in [4.69, 9.17) is 4.74 Å². The highest BCUT2D eigenvalue weighted by atomic mass is 16.6. The molecule has 0 spiro atoms. The largest absolute Gasteiger partial charge is 0.508 e. The summed E-state index contributed by atoms with van der Waals surface area (Å²) >= 11 is 0. The Labute approximate surface area is 154 Å². The number of phenols is 1. The van der Waals surface area contributed by atoms with Gasteiger partial charge in [-0.2, -0.15) is 5.26 Å². The zero-order chi connectivity index (χ0) is 20.0. The molecule has 0 aliphatic rings. The van der Waals surface area contributed by atoms with Crippen LogP contribution in [0.4, 0.5) is 17.1 Å². The van der Waals surface area contributed by atoms with Crippen LogP contribution in [0.1, 0.15) is 5.56 Å². The van der Waals surface area contributed by atoms with E-state index in [0.29, 0.717) is 17.0 Å². The summed E-state index contributed by atoms with van der Waals surface area (Å²) in [6.07, 6.45) is 1.13. The molecular formula is C18H16N4O5. The number of anilines is 2. The maximum atomic E-state index is 12.3. The third kappa shape index (κ3) is 4.73. The molecule has 2 aromatic carbocycles. The summed E-state index contributed by atoms with van der Waals surface area (Å²) in [5.41, 5.74) is 0.860. The molecule has 0 aliphatic carbocycles. The van der Waals surface area contributed by atoms with E-state index in [1.807, 2.05) is 0 Å². The van der Waals surface area contributed by atoms with Crippen molar-refractivity contribution in [3.63, 3.8) is 0 Å². The summed E-state index contributed by atoms with van der Waals surface area (Å²) < 4.78 is 5.11. The van der Waals surface area contributed by atoms with Gasteiger partial charge in [-0.3, -0.25) is 14.9 Å². The highest BCUT2D eigenvalue weighted by molar-refractivity contribution is 6.07. The molecule has 0 saturated heterocycles. The number of nitro groups is 1. The summed E-state index contributed by atoms with van der Waals surface area (Å²) in [4.78, 5) is 22.6. The fraction of sp³-hybridized carbons (Fsp3) is 0.111. The number of phenolic OH excluding ortho intramolecular Hbond substituents is 1. The average molecular weight is 368 g/mol. The maximum Gasteiger partial charge on any atom is 0.271 e. The van der Waals surface area contributed by atoms with Gasteiger partial charge in [-0.05, 0) is 36.8 Å². The number of rotatable bonds is 6. The lowest BCUT2D eigenvalue weighted by Crippen LogP contribution is -2.15. The van der Waals surface area contributed by atoms with Crippen molar-refractivity contribution in [1.29, 1.82) is 5.26 Å². The first-order valence-electron chi connectivity index (χ1n) is 7.66. The van der Waals surface area contributed by atoms with Crippen LogP contribution in [0.5, 0.6) is 11.5 Å². The molecule has 0 aromatic heterocycles. The Balaban J connectivity index is 2.23. The second kappa shape index (κ2) is 8.35. The molecule has 2 aromatic rings. The number of benzene rings is 2. The number of nitrogens with zero attached hydrogens (tertiary/aromatic N) is 2. The number of carbonyl (C=O) groups is 1. The first kappa shape index (κ1) is 19.3. The van der Waals surface area contributed by atoms with Crippen molar-refractivity contribution in [2.75, 3.05) is 17.7 Å². The van der Waals surface area contributed by atoms with Crippen molar-refractivity contribution >= 4 is 23.0 Å². The fourth-order valence-electron chi connectivity index (χ4n) is 2.20. The van der Waals surface area contributed by atoms with Gasteiger partial charge in [0, 0.05) is 24.0 Å². The summed E-state index contributed by atoms with van der Waals surface area (Å²) in [5.74, 6) is -0.312. The molecule has 0 heterocycles. The van der Waals surface area contributed by atoms with E-state index >= 15 is 0 Å². The van der Waals surface area contributed by atoms with Crippen LogP contribution in [-0.4, -0.2) is 23.0 Å². The molecule has 1 amide bonds. The third-order valence-corrected chi connectivity index (χ3v) is 3.59. The molecule has 27 heavy (non-hydrogen) atoms. The number of nitriles is 1. The second-order valence-corrected chi connectivity index (χ2v) is 5.41. The average Bonchev–Trinajstić information content (AvgIpc) is 2.64. The number of nitrogens with one attached hydrogen (secondary N) is 2. The van der Waals surface area contributed by atoms with Crippen LogP contribution in [-0.2, 0) is 4.79 Å². The molecule has 0 saturated carbocycles. The van der Waals surface area contributed by atoms with E-state index in [-0.39, 0.29) is 22.7 Å². The number of hydrogen-bond acceptors (Lipinski definition) is 7. The van der Waals surface area contributed by atoms with Crippen molar-refractivity contribution < 1.29 is 19.6 Å². The molecule has 9 nitrogen and oxygen atoms in total. The van der Waals surface area contributed by atoms with Crippen LogP contribution in [0.2, 0.25) is 0 Å². The lowest BCUT2D eigenvalue weighted by molar-refractivity contribution is -0.384. The molecule has 0 radical (unpaired) electrons. The number of nitro benzene ring substituents is 1. The van der Waals surface area contributed by atoms with E-state index < -0.39 is 10.8 Å². The Bertz CT molecular complexity index is 963. The Kier molecular flexibility index (Phi) is 5.96. The number of ether oxygens (including phenoxy) is 1. The minimum Gasteiger partial charge on any atom is -0.508 e. The molecule has 0 bridgehead atoms. The molecule has 138 valence electrons. The van der Waals surface area contributed by atoms with Crippen LogP contribution < -0.4 is 15.4 Å². The number of amides is 1. The van der Waals surface area contributed by atoms with Crippen molar-refractivity contribution in [2.45, 2.75) is 6.92 Å². The van der Waals surface area contributed by atoms with Gasteiger partial charge in [0.2, 0.25) is 0 Å². The van der Waals surface area contributed by atoms with Gasteiger partial charge in [-0.15, -0.1) is 0 Å². The van der Waals surface area contributed by atoms with Crippen LogP contribution in [0.15, 0.2) is 48.2 Å². The van der Waals surface area contributed by atoms with Crippen LogP contribution in [0.3, 0.4) is 0 Å². The molecule has 2 rings (SSSR count). The van der Waals surface area contributed by atoms with Gasteiger partial charge in [0.1, 0.15) is 23.1 Å². The van der Waals surface area contributed by atoms with E-state index in [1.54, 1.807) is 13.0 Å². The van der Waals surface area contributed by atoms with Gasteiger partial charge >= 0.3 is 0 Å². The lowest BCUT2D eigenvalue weighted by atomic mass is 10.2. The number of non-ortho nitro benzene ring substituents is 1. The van der Waals surface area contributed by atoms with Crippen molar-refractivity contribution in [2.24, 2.45) is 0 Å². The Hall–Kier alpha value is -4.06. The van der Waals surface area contributed by atoms with Gasteiger partial charge < -0.3 is 20.5 Å². The molecule has 9 heteroatoms. The van der Waals surface area contributed by atoms with E-state index in [9.17, 15) is 25.3 Å².